The van der Waals surface area contributed by atoms with Gasteiger partial charge in [-0.3, -0.25) is 4.79 Å². The molecule has 4 heteroatoms. The molecular formula is C12H18O4. The summed E-state index contributed by atoms with van der Waals surface area (Å²) in [6, 6.07) is 0. The number of Topliss-reactive ketones (excluding diaryl/α,β-unsaturated/α-hetero) is 1. The predicted octanol–water partition coefficient (Wildman–Crippen LogP) is 0.0364. The smallest absolute Gasteiger partial charge is 0.158 e. The van der Waals surface area contributed by atoms with Gasteiger partial charge in [0.1, 0.15) is 6.10 Å². The number of aliphatic hydroxyl groups excluding tert-OH is 3. The van der Waals surface area contributed by atoms with Crippen LogP contribution in [0.2, 0.25) is 0 Å². The molecule has 0 saturated heterocycles. The number of ketones is 1. The molecule has 0 fully saturated rings. The minimum atomic E-state index is -1.25. The van der Waals surface area contributed by atoms with Gasteiger partial charge in [-0.1, -0.05) is 24.3 Å². The van der Waals surface area contributed by atoms with Crippen LogP contribution in [0, 0.1) is 11.8 Å². The molecule has 0 aromatic carbocycles. The van der Waals surface area contributed by atoms with Gasteiger partial charge in [-0.25, -0.2) is 0 Å². The van der Waals surface area contributed by atoms with Gasteiger partial charge in [0, 0.05) is 11.8 Å². The van der Waals surface area contributed by atoms with Crippen molar-refractivity contribution in [2.75, 3.05) is 0 Å². The Morgan fingerprint density at radius 1 is 1.38 bits per heavy atom. The largest absolute Gasteiger partial charge is 0.390 e. The molecule has 4 nitrogen and oxygen atoms in total. The molecule has 1 aliphatic rings. The zero-order chi connectivity index (χ0) is 12.3. The molecule has 0 saturated carbocycles. The van der Waals surface area contributed by atoms with Crippen molar-refractivity contribution in [3.8, 4) is 0 Å². The van der Waals surface area contributed by atoms with Gasteiger partial charge in [0.2, 0.25) is 0 Å². The van der Waals surface area contributed by atoms with Crippen molar-refractivity contribution in [2.45, 2.75) is 32.2 Å². The summed E-state index contributed by atoms with van der Waals surface area (Å²) < 4.78 is 0. The van der Waals surface area contributed by atoms with Gasteiger partial charge in [-0.05, 0) is 13.8 Å². The molecule has 5 unspecified atom stereocenters. The number of carbonyl (C=O) groups is 1. The Kier molecular flexibility index (Phi) is 4.41. The lowest BCUT2D eigenvalue weighted by molar-refractivity contribution is -0.134. The molecule has 16 heavy (non-hydrogen) atoms. The quantitative estimate of drug-likeness (QED) is 0.594. The Labute approximate surface area is 94.9 Å². The fraction of sp³-hybridized carbons (Fsp3) is 0.583. The van der Waals surface area contributed by atoms with E-state index in [0.29, 0.717) is 0 Å². The molecule has 90 valence electrons. The molecule has 0 bridgehead atoms. The maximum absolute atomic E-state index is 11.2. The van der Waals surface area contributed by atoms with Crippen LogP contribution in [-0.4, -0.2) is 39.4 Å². The van der Waals surface area contributed by atoms with Gasteiger partial charge in [-0.2, -0.15) is 0 Å². The van der Waals surface area contributed by atoms with Gasteiger partial charge in [-0.15, -0.1) is 0 Å². The van der Waals surface area contributed by atoms with Gasteiger partial charge in [0.25, 0.3) is 0 Å². The summed E-state index contributed by atoms with van der Waals surface area (Å²) >= 11 is 0. The summed E-state index contributed by atoms with van der Waals surface area (Å²) in [4.78, 5) is 11.2. The zero-order valence-electron chi connectivity index (χ0n) is 9.45. The van der Waals surface area contributed by atoms with Crippen LogP contribution >= 0.6 is 0 Å². The average molecular weight is 226 g/mol. The summed E-state index contributed by atoms with van der Waals surface area (Å²) in [6.45, 7) is 3.09. The van der Waals surface area contributed by atoms with E-state index in [2.05, 4.69) is 0 Å². The number of allylic oxidation sites excluding steroid dienone is 3. The van der Waals surface area contributed by atoms with Crippen LogP contribution in [0.25, 0.3) is 0 Å². The Hall–Kier alpha value is -0.970. The van der Waals surface area contributed by atoms with Gasteiger partial charge in [0.05, 0.1) is 12.2 Å². The Morgan fingerprint density at radius 2 is 2.00 bits per heavy atom. The second kappa shape index (κ2) is 5.39. The second-order valence-corrected chi connectivity index (χ2v) is 4.10. The molecule has 0 aromatic heterocycles. The van der Waals surface area contributed by atoms with E-state index >= 15 is 0 Å². The summed E-state index contributed by atoms with van der Waals surface area (Å²) in [5.74, 6) is -1.32. The molecule has 3 N–H and O–H groups in total. The molecule has 0 heterocycles. The fourth-order valence-corrected chi connectivity index (χ4v) is 2.02. The second-order valence-electron chi connectivity index (χ2n) is 4.10. The first kappa shape index (κ1) is 13.1. The Balaban J connectivity index is 2.98. The fourth-order valence-electron chi connectivity index (χ4n) is 2.02. The highest BCUT2D eigenvalue weighted by molar-refractivity contribution is 5.80. The molecule has 1 rings (SSSR count). The van der Waals surface area contributed by atoms with Crippen molar-refractivity contribution < 1.29 is 20.1 Å². The van der Waals surface area contributed by atoms with E-state index in [1.54, 1.807) is 18.2 Å². The van der Waals surface area contributed by atoms with Crippen LogP contribution in [0.4, 0.5) is 0 Å². The van der Waals surface area contributed by atoms with Crippen molar-refractivity contribution in [1.82, 2.24) is 0 Å². The van der Waals surface area contributed by atoms with Gasteiger partial charge >= 0.3 is 0 Å². The average Bonchev–Trinajstić information content (AvgIpc) is 2.23. The van der Waals surface area contributed by atoms with Crippen molar-refractivity contribution >= 4 is 5.78 Å². The van der Waals surface area contributed by atoms with Crippen molar-refractivity contribution in [1.29, 1.82) is 0 Å². The molecule has 0 aliphatic heterocycles. The van der Waals surface area contributed by atoms with E-state index in [0.717, 1.165) is 0 Å². The third kappa shape index (κ3) is 2.58. The van der Waals surface area contributed by atoms with Crippen molar-refractivity contribution in [3.05, 3.63) is 24.3 Å². The molecule has 5 atom stereocenters. The minimum absolute atomic E-state index is 0.234. The molecule has 1 aliphatic carbocycles. The van der Waals surface area contributed by atoms with E-state index in [-0.39, 0.29) is 5.92 Å². The van der Waals surface area contributed by atoms with Crippen LogP contribution in [0.3, 0.4) is 0 Å². The van der Waals surface area contributed by atoms with E-state index in [1.165, 1.54) is 13.0 Å². The Bertz CT molecular complexity index is 308. The molecule has 0 amide bonds. The number of carbonyl (C=O) groups excluding carboxylic acids is 1. The maximum Gasteiger partial charge on any atom is 0.158 e. The van der Waals surface area contributed by atoms with Crippen LogP contribution in [0.15, 0.2) is 24.3 Å². The van der Waals surface area contributed by atoms with Crippen molar-refractivity contribution in [3.63, 3.8) is 0 Å². The summed E-state index contributed by atoms with van der Waals surface area (Å²) in [7, 11) is 0. The summed E-state index contributed by atoms with van der Waals surface area (Å²) in [5.41, 5.74) is 0. The molecule has 0 aromatic rings. The van der Waals surface area contributed by atoms with Crippen LogP contribution in [0.5, 0.6) is 0 Å². The molecule has 0 spiro atoms. The topological polar surface area (TPSA) is 77.8 Å². The Morgan fingerprint density at radius 3 is 2.50 bits per heavy atom. The maximum atomic E-state index is 11.2. The normalized spacial score (nSPS) is 36.6. The lowest BCUT2D eigenvalue weighted by Gasteiger charge is -2.35. The van der Waals surface area contributed by atoms with Crippen LogP contribution in [-0.2, 0) is 4.79 Å². The summed E-state index contributed by atoms with van der Waals surface area (Å²) in [5, 5.41) is 29.0. The zero-order valence-corrected chi connectivity index (χ0v) is 9.45. The van der Waals surface area contributed by atoms with E-state index in [4.69, 9.17) is 0 Å². The first-order chi connectivity index (χ1) is 7.49. The number of rotatable bonds is 3. The minimum Gasteiger partial charge on any atom is -0.390 e. The molecule has 0 radical (unpaired) electrons. The van der Waals surface area contributed by atoms with Crippen LogP contribution < -0.4 is 0 Å². The number of hydrogen-bond donors (Lipinski definition) is 3. The predicted molar refractivity (Wildman–Crippen MR) is 59.6 cm³/mol. The SMILES string of the molecule is CC=CC1C=CC(O)C(O)C1C(O)C(C)=O. The summed E-state index contributed by atoms with van der Waals surface area (Å²) in [6.07, 6.45) is 3.37. The third-order valence-corrected chi connectivity index (χ3v) is 2.91. The monoisotopic (exact) mass is 226 g/mol. The number of aliphatic hydroxyl groups is 3. The highest BCUT2D eigenvalue weighted by Gasteiger charge is 2.39. The van der Waals surface area contributed by atoms with Gasteiger partial charge < -0.3 is 15.3 Å². The molecular weight excluding hydrogens is 208 g/mol. The van der Waals surface area contributed by atoms with E-state index in [9.17, 15) is 20.1 Å². The standard InChI is InChI=1S/C12H18O4/c1-3-4-8-5-6-9(14)12(16)10(8)11(15)7(2)13/h3-6,8-12,14-16H,1-2H3. The lowest BCUT2D eigenvalue weighted by atomic mass is 9.76. The van der Waals surface area contributed by atoms with Crippen LogP contribution in [0.1, 0.15) is 13.8 Å². The van der Waals surface area contributed by atoms with Crippen molar-refractivity contribution in [2.24, 2.45) is 11.8 Å². The number of hydrogen-bond acceptors (Lipinski definition) is 4. The third-order valence-electron chi connectivity index (χ3n) is 2.91. The highest BCUT2D eigenvalue weighted by Crippen LogP contribution is 2.30. The lowest BCUT2D eigenvalue weighted by Crippen LogP contribution is -2.47. The highest BCUT2D eigenvalue weighted by atomic mass is 16.3. The first-order valence-corrected chi connectivity index (χ1v) is 5.34. The first-order valence-electron chi connectivity index (χ1n) is 5.34. The van der Waals surface area contributed by atoms with Gasteiger partial charge in [0.15, 0.2) is 5.78 Å². The van der Waals surface area contributed by atoms with E-state index < -0.39 is 30.0 Å². The van der Waals surface area contributed by atoms with E-state index in [1.807, 2.05) is 6.92 Å².